The summed E-state index contributed by atoms with van der Waals surface area (Å²) < 4.78 is 14.6. The number of furan rings is 1. The molecule has 0 aliphatic carbocycles. The topological polar surface area (TPSA) is 21.3 Å². The van der Waals surface area contributed by atoms with Crippen LogP contribution in [0, 0.1) is 0 Å². The van der Waals surface area contributed by atoms with Crippen molar-refractivity contribution < 1.29 is 4.42 Å². The zero-order valence-corrected chi connectivity index (χ0v) is 37.1. The van der Waals surface area contributed by atoms with Gasteiger partial charge in [0.15, 0.2) is 0 Å². The van der Waals surface area contributed by atoms with Gasteiger partial charge in [-0.1, -0.05) is 114 Å². The average molecular weight is 833 g/mol. The molecule has 0 atom stereocenters. The SMILES string of the molecule is CC(C)(C)c1ccc(N2B3c4cc5c(cc4-n4c6cc7c(cc6c6ccc(c3c64)-c3cc4sc6ccc(C(C)(C)C)cc6c4cc32)sc2ccccc27)oc2ccccc25)cc1. The molecule has 0 saturated carbocycles. The molecule has 0 saturated heterocycles. The van der Waals surface area contributed by atoms with Crippen LogP contribution in [0.5, 0.6) is 0 Å². The number of anilines is 2. The van der Waals surface area contributed by atoms with E-state index in [0.29, 0.717) is 0 Å². The number of rotatable bonds is 1. The molecule has 0 unspecified atom stereocenters. The standard InChI is InChI=1S/C56H41BN2OS2/c1-55(2,3)30-15-18-32(19-16-30)59-45-26-42-40-23-31(56(4,5)6)17-22-50(40)62-52(42)27-37(45)35-20-21-36-38-28-51-41(34-12-8-10-14-49(34)61-51)25-44(38)58-46-29-48-39(33-11-7-9-13-47(33)60-48)24-43(46)57(59)53(35)54(36)58/h7-29H,1-6H3. The molecule has 2 aliphatic rings. The first-order valence-electron chi connectivity index (χ1n) is 21.8. The third-order valence-corrected chi connectivity index (χ3v) is 16.3. The van der Waals surface area contributed by atoms with Crippen LogP contribution in [0.25, 0.3) is 101 Å². The van der Waals surface area contributed by atoms with Crippen molar-refractivity contribution in [2.24, 2.45) is 0 Å². The number of fused-ring (bicyclic) bond motifs is 17. The van der Waals surface area contributed by atoms with Gasteiger partial charge in [-0.05, 0) is 99.1 Å². The highest BCUT2D eigenvalue weighted by Crippen LogP contribution is 2.50. The molecule has 4 aromatic heterocycles. The molecule has 12 aromatic rings. The number of benzene rings is 8. The predicted octanol–water partition coefficient (Wildman–Crippen LogP) is 15.3. The van der Waals surface area contributed by atoms with Gasteiger partial charge in [0.1, 0.15) is 11.2 Å². The van der Waals surface area contributed by atoms with Gasteiger partial charge in [0, 0.05) is 90.6 Å². The Morgan fingerprint density at radius 2 is 1.16 bits per heavy atom. The lowest BCUT2D eigenvalue weighted by Gasteiger charge is -2.42. The molecular weight excluding hydrogens is 792 g/mol. The molecule has 62 heavy (non-hydrogen) atoms. The van der Waals surface area contributed by atoms with Gasteiger partial charge in [0.25, 0.3) is 0 Å². The summed E-state index contributed by atoms with van der Waals surface area (Å²) in [5.74, 6) is 0. The largest absolute Gasteiger partial charge is 0.456 e. The van der Waals surface area contributed by atoms with E-state index in [-0.39, 0.29) is 17.7 Å². The van der Waals surface area contributed by atoms with Crippen molar-refractivity contribution in [1.82, 2.24) is 4.57 Å². The molecule has 6 heteroatoms. The highest BCUT2D eigenvalue weighted by Gasteiger charge is 2.44. The van der Waals surface area contributed by atoms with Crippen LogP contribution in [0.2, 0.25) is 0 Å². The van der Waals surface area contributed by atoms with E-state index in [1.165, 1.54) is 112 Å². The summed E-state index contributed by atoms with van der Waals surface area (Å²) in [6, 6.07) is 53.6. The van der Waals surface area contributed by atoms with Crippen molar-refractivity contribution in [2.45, 2.75) is 52.4 Å². The molecule has 296 valence electrons. The Balaban J connectivity index is 1.15. The fourth-order valence-electron chi connectivity index (χ4n) is 11.0. The first-order chi connectivity index (χ1) is 30.0. The number of thiophene rings is 2. The summed E-state index contributed by atoms with van der Waals surface area (Å²) >= 11 is 3.81. The first kappa shape index (κ1) is 35.3. The van der Waals surface area contributed by atoms with E-state index in [1.54, 1.807) is 0 Å². The van der Waals surface area contributed by atoms with Crippen LogP contribution in [0.1, 0.15) is 52.7 Å². The lowest BCUT2D eigenvalue weighted by Crippen LogP contribution is -2.60. The predicted molar refractivity (Wildman–Crippen MR) is 270 cm³/mol. The minimum absolute atomic E-state index is 0.0367. The average Bonchev–Trinajstić information content (AvgIpc) is 4.01. The summed E-state index contributed by atoms with van der Waals surface area (Å²) in [5.41, 5.74) is 16.0. The van der Waals surface area contributed by atoms with Crippen molar-refractivity contribution in [2.75, 3.05) is 4.81 Å². The zero-order chi connectivity index (χ0) is 41.6. The van der Waals surface area contributed by atoms with E-state index in [4.69, 9.17) is 4.42 Å². The normalized spacial score (nSPS) is 13.9. The number of nitrogens with zero attached hydrogens (tertiary/aromatic N) is 2. The quantitative estimate of drug-likeness (QED) is 0.154. The van der Waals surface area contributed by atoms with Crippen molar-refractivity contribution in [3.05, 3.63) is 151 Å². The van der Waals surface area contributed by atoms with Gasteiger partial charge >= 0.3 is 6.85 Å². The minimum atomic E-state index is -0.0963. The van der Waals surface area contributed by atoms with Crippen LogP contribution >= 0.6 is 22.7 Å². The molecule has 0 amide bonds. The van der Waals surface area contributed by atoms with Crippen molar-refractivity contribution in [1.29, 1.82) is 0 Å². The molecule has 2 aliphatic heterocycles. The monoisotopic (exact) mass is 832 g/mol. The number of hydrogen-bond donors (Lipinski definition) is 0. The van der Waals surface area contributed by atoms with E-state index < -0.39 is 0 Å². The Hall–Kier alpha value is -6.34. The van der Waals surface area contributed by atoms with E-state index in [0.717, 1.165) is 21.9 Å². The van der Waals surface area contributed by atoms with Gasteiger partial charge in [-0.15, -0.1) is 22.7 Å². The molecular formula is C56H41BN2OS2. The Kier molecular flexibility index (Phi) is 6.70. The number of hydrogen-bond acceptors (Lipinski definition) is 4. The molecule has 6 heterocycles. The summed E-state index contributed by atoms with van der Waals surface area (Å²) in [4.78, 5) is 2.68. The summed E-state index contributed by atoms with van der Waals surface area (Å²) in [7, 11) is 0. The summed E-state index contributed by atoms with van der Waals surface area (Å²) in [5, 5.41) is 10.2. The fraction of sp³-hybridized carbons (Fsp3) is 0.143. The maximum absolute atomic E-state index is 6.72. The summed E-state index contributed by atoms with van der Waals surface area (Å²) in [6.07, 6.45) is 0. The fourth-order valence-corrected chi connectivity index (χ4v) is 13.2. The van der Waals surface area contributed by atoms with Crippen molar-refractivity contribution in [3.63, 3.8) is 0 Å². The Bertz CT molecular complexity index is 3960. The van der Waals surface area contributed by atoms with Gasteiger partial charge < -0.3 is 13.8 Å². The maximum atomic E-state index is 6.72. The molecule has 8 aromatic carbocycles. The lowest BCUT2D eigenvalue weighted by molar-refractivity contribution is 0.590. The van der Waals surface area contributed by atoms with E-state index in [2.05, 4.69) is 190 Å². The third kappa shape index (κ3) is 4.61. The van der Waals surface area contributed by atoms with Gasteiger partial charge in [0.2, 0.25) is 0 Å². The van der Waals surface area contributed by atoms with Gasteiger partial charge in [0.05, 0.1) is 11.0 Å². The molecule has 0 spiro atoms. The van der Waals surface area contributed by atoms with Gasteiger partial charge in [-0.3, -0.25) is 0 Å². The molecule has 0 bridgehead atoms. The van der Waals surface area contributed by atoms with Gasteiger partial charge in [-0.2, -0.15) is 0 Å². The maximum Gasteiger partial charge on any atom is 0.333 e. The van der Waals surface area contributed by atoms with E-state index in [1.807, 2.05) is 22.7 Å². The van der Waals surface area contributed by atoms with E-state index >= 15 is 0 Å². The van der Waals surface area contributed by atoms with Crippen molar-refractivity contribution in [3.8, 4) is 16.8 Å². The second-order valence-electron chi connectivity index (χ2n) is 19.7. The van der Waals surface area contributed by atoms with Crippen LogP contribution in [-0.4, -0.2) is 11.4 Å². The van der Waals surface area contributed by atoms with Crippen LogP contribution in [0.3, 0.4) is 0 Å². The molecule has 0 fully saturated rings. The molecule has 14 rings (SSSR count). The Morgan fingerprint density at radius 1 is 0.468 bits per heavy atom. The lowest BCUT2D eigenvalue weighted by atomic mass is 9.44. The second-order valence-corrected chi connectivity index (χ2v) is 21.9. The number of para-hydroxylation sites is 1. The molecule has 0 radical (unpaired) electrons. The molecule has 3 nitrogen and oxygen atoms in total. The second kappa shape index (κ2) is 11.8. The van der Waals surface area contributed by atoms with E-state index in [9.17, 15) is 0 Å². The smallest absolute Gasteiger partial charge is 0.333 e. The highest BCUT2D eigenvalue weighted by atomic mass is 32.1. The Labute approximate surface area is 367 Å². The number of aromatic nitrogens is 1. The first-order valence-corrected chi connectivity index (χ1v) is 23.4. The van der Waals surface area contributed by atoms with Gasteiger partial charge in [-0.25, -0.2) is 0 Å². The van der Waals surface area contributed by atoms with Crippen LogP contribution in [-0.2, 0) is 10.8 Å². The Morgan fingerprint density at radius 3 is 1.97 bits per heavy atom. The zero-order valence-electron chi connectivity index (χ0n) is 35.5. The summed E-state index contributed by atoms with van der Waals surface area (Å²) in [6.45, 7) is 13.8. The molecule has 0 N–H and O–H groups in total. The van der Waals surface area contributed by atoms with Crippen LogP contribution in [0.15, 0.2) is 144 Å². The highest BCUT2D eigenvalue weighted by molar-refractivity contribution is 7.26. The minimum Gasteiger partial charge on any atom is -0.456 e. The third-order valence-electron chi connectivity index (χ3n) is 14.1. The van der Waals surface area contributed by atoms with Crippen molar-refractivity contribution >= 4 is 136 Å². The van der Waals surface area contributed by atoms with Crippen LogP contribution in [0.4, 0.5) is 11.4 Å². The van der Waals surface area contributed by atoms with Crippen LogP contribution < -0.4 is 15.7 Å².